The van der Waals surface area contributed by atoms with Gasteiger partial charge >= 0.3 is 0 Å². The number of allylic oxidation sites excluding steroid dienone is 2. The van der Waals surface area contributed by atoms with Crippen LogP contribution >= 0.6 is 0 Å². The molecule has 0 bridgehead atoms. The molecule has 0 aliphatic heterocycles. The van der Waals surface area contributed by atoms with Gasteiger partial charge in [-0.1, -0.05) is 12.2 Å². The zero-order valence-electron chi connectivity index (χ0n) is 10.8. The second kappa shape index (κ2) is 6.36. The Balaban J connectivity index is 2.60. The zero-order chi connectivity index (χ0) is 13.6. The quantitative estimate of drug-likeness (QED) is 0.689. The second-order valence-corrected chi connectivity index (χ2v) is 5.99. The molecule has 104 valence electrons. The van der Waals surface area contributed by atoms with E-state index in [1.54, 1.807) is 7.11 Å². The molecule has 0 aromatic carbocycles. The third kappa shape index (κ3) is 4.80. The highest BCUT2D eigenvalue weighted by molar-refractivity contribution is 7.85. The number of hydrogen-bond donors (Lipinski definition) is 2. The summed E-state index contributed by atoms with van der Waals surface area (Å²) in [6.45, 7) is 2.86. The van der Waals surface area contributed by atoms with Crippen molar-refractivity contribution in [2.45, 2.75) is 31.8 Å². The monoisotopic (exact) mass is 275 g/mol. The van der Waals surface area contributed by atoms with Crippen molar-refractivity contribution in [3.63, 3.8) is 0 Å². The molecule has 18 heavy (non-hydrogen) atoms. The maximum absolute atomic E-state index is 10.7. The molecule has 0 aromatic rings. The Morgan fingerprint density at radius 1 is 1.56 bits per heavy atom. The summed E-state index contributed by atoms with van der Waals surface area (Å²) >= 11 is 0. The Kier molecular flexibility index (Phi) is 5.37. The normalized spacial score (nSPS) is 23.8. The van der Waals surface area contributed by atoms with Crippen LogP contribution in [0, 0.1) is 0 Å². The fraction of sp³-hybridized carbons (Fsp3) is 0.667. The first-order chi connectivity index (χ1) is 8.41. The van der Waals surface area contributed by atoms with E-state index in [4.69, 9.17) is 9.29 Å². The molecule has 0 saturated heterocycles. The molecule has 1 unspecified atom stereocenters. The van der Waals surface area contributed by atoms with Crippen LogP contribution in [0.15, 0.2) is 23.9 Å². The van der Waals surface area contributed by atoms with Crippen molar-refractivity contribution in [2.24, 2.45) is 0 Å². The van der Waals surface area contributed by atoms with E-state index in [1.165, 1.54) is 0 Å². The summed E-state index contributed by atoms with van der Waals surface area (Å²) in [5, 5.41) is 3.24. The minimum Gasteiger partial charge on any atom is -0.389 e. The standard InChI is InChI=1S/C12H21NO4S/c1-3-13-11-6-4-7-12(10-11,17-2)8-5-9-18(14,15)16/h4,6-7,13H,3,5,8-10H2,1-2H3,(H,14,15,16). The minimum absolute atomic E-state index is 0.230. The Labute approximate surface area is 109 Å². The molecule has 1 aliphatic rings. The smallest absolute Gasteiger partial charge is 0.264 e. The van der Waals surface area contributed by atoms with Crippen LogP contribution in [0.2, 0.25) is 0 Å². The number of ether oxygens (including phenoxy) is 1. The van der Waals surface area contributed by atoms with Crippen LogP contribution in [-0.2, 0) is 14.9 Å². The molecule has 5 nitrogen and oxygen atoms in total. The topological polar surface area (TPSA) is 75.6 Å². The molecule has 0 fully saturated rings. The lowest BCUT2D eigenvalue weighted by Gasteiger charge is -2.32. The Bertz CT molecular complexity index is 427. The summed E-state index contributed by atoms with van der Waals surface area (Å²) in [7, 11) is -2.28. The molecule has 0 aromatic heterocycles. The summed E-state index contributed by atoms with van der Waals surface area (Å²) in [6.07, 6.45) is 7.47. The van der Waals surface area contributed by atoms with E-state index in [1.807, 2.05) is 25.2 Å². The summed E-state index contributed by atoms with van der Waals surface area (Å²) in [5.74, 6) is -0.230. The molecular weight excluding hydrogens is 254 g/mol. The Hall–Kier alpha value is -0.850. The maximum atomic E-state index is 10.7. The fourth-order valence-corrected chi connectivity index (χ4v) is 2.61. The molecule has 0 radical (unpaired) electrons. The molecule has 0 amide bonds. The first-order valence-corrected chi connectivity index (χ1v) is 7.64. The van der Waals surface area contributed by atoms with Crippen LogP contribution in [0.4, 0.5) is 0 Å². The van der Waals surface area contributed by atoms with E-state index < -0.39 is 15.7 Å². The lowest BCUT2D eigenvalue weighted by molar-refractivity contribution is 0.0225. The van der Waals surface area contributed by atoms with Crippen LogP contribution < -0.4 is 5.32 Å². The molecule has 1 rings (SSSR count). The molecule has 0 saturated carbocycles. The highest BCUT2D eigenvalue weighted by Crippen LogP contribution is 2.30. The lowest BCUT2D eigenvalue weighted by atomic mass is 9.88. The van der Waals surface area contributed by atoms with Crippen LogP contribution in [0.1, 0.15) is 26.2 Å². The Morgan fingerprint density at radius 3 is 2.83 bits per heavy atom. The summed E-state index contributed by atoms with van der Waals surface area (Å²) in [5.41, 5.74) is 0.602. The number of methoxy groups -OCH3 is 1. The predicted molar refractivity (Wildman–Crippen MR) is 70.9 cm³/mol. The predicted octanol–water partition coefficient (Wildman–Crippen LogP) is 1.49. The molecule has 1 atom stereocenters. The number of nitrogens with one attached hydrogen (secondary N) is 1. The van der Waals surface area contributed by atoms with Crippen molar-refractivity contribution < 1.29 is 17.7 Å². The third-order valence-electron chi connectivity index (χ3n) is 3.00. The molecular formula is C12H21NO4S. The van der Waals surface area contributed by atoms with Gasteiger partial charge in [0.25, 0.3) is 10.1 Å². The third-order valence-corrected chi connectivity index (χ3v) is 3.80. The molecule has 6 heteroatoms. The highest BCUT2D eigenvalue weighted by Gasteiger charge is 2.29. The van der Waals surface area contributed by atoms with E-state index in [0.717, 1.165) is 12.2 Å². The van der Waals surface area contributed by atoms with Gasteiger partial charge in [0.2, 0.25) is 0 Å². The molecule has 0 spiro atoms. The Morgan fingerprint density at radius 2 is 2.28 bits per heavy atom. The number of hydrogen-bond acceptors (Lipinski definition) is 4. The van der Waals surface area contributed by atoms with Crippen LogP contribution in [0.5, 0.6) is 0 Å². The van der Waals surface area contributed by atoms with Gasteiger partial charge in [-0.25, -0.2) is 0 Å². The minimum atomic E-state index is -3.89. The van der Waals surface area contributed by atoms with Crippen LogP contribution in [0.25, 0.3) is 0 Å². The van der Waals surface area contributed by atoms with Gasteiger partial charge in [-0.05, 0) is 25.8 Å². The number of rotatable bonds is 7. The van der Waals surface area contributed by atoms with Gasteiger partial charge in [-0.2, -0.15) is 8.42 Å². The summed E-state index contributed by atoms with van der Waals surface area (Å²) in [6, 6.07) is 0. The fourth-order valence-electron chi connectivity index (χ4n) is 2.10. The van der Waals surface area contributed by atoms with Crippen molar-refractivity contribution in [2.75, 3.05) is 19.4 Å². The maximum Gasteiger partial charge on any atom is 0.264 e. The van der Waals surface area contributed by atoms with Gasteiger partial charge in [-0.15, -0.1) is 0 Å². The van der Waals surface area contributed by atoms with Crippen LogP contribution in [0.3, 0.4) is 0 Å². The van der Waals surface area contributed by atoms with E-state index in [-0.39, 0.29) is 5.75 Å². The van der Waals surface area contributed by atoms with Gasteiger partial charge in [0, 0.05) is 25.8 Å². The largest absolute Gasteiger partial charge is 0.389 e. The summed E-state index contributed by atoms with van der Waals surface area (Å²) < 4.78 is 35.7. The van der Waals surface area contributed by atoms with Gasteiger partial charge in [0.15, 0.2) is 0 Å². The molecule has 0 heterocycles. The zero-order valence-corrected chi connectivity index (χ0v) is 11.7. The average Bonchev–Trinajstić information content (AvgIpc) is 2.28. The van der Waals surface area contributed by atoms with E-state index in [9.17, 15) is 8.42 Å². The van der Waals surface area contributed by atoms with E-state index >= 15 is 0 Å². The van der Waals surface area contributed by atoms with Crippen molar-refractivity contribution in [3.05, 3.63) is 23.9 Å². The van der Waals surface area contributed by atoms with Crippen molar-refractivity contribution in [1.29, 1.82) is 0 Å². The van der Waals surface area contributed by atoms with E-state index in [2.05, 4.69) is 5.32 Å². The average molecular weight is 275 g/mol. The SMILES string of the molecule is CCNC1=CC=CC(CCCS(=O)(=O)O)(OC)C1. The van der Waals surface area contributed by atoms with Crippen molar-refractivity contribution in [3.8, 4) is 0 Å². The van der Waals surface area contributed by atoms with Gasteiger partial charge in [0.05, 0.1) is 11.4 Å². The van der Waals surface area contributed by atoms with Crippen molar-refractivity contribution >= 4 is 10.1 Å². The molecule has 2 N–H and O–H groups in total. The van der Waals surface area contributed by atoms with Gasteiger partial charge in [-0.3, -0.25) is 4.55 Å². The first-order valence-electron chi connectivity index (χ1n) is 6.03. The lowest BCUT2D eigenvalue weighted by Crippen LogP contribution is -2.34. The van der Waals surface area contributed by atoms with E-state index in [0.29, 0.717) is 19.3 Å². The van der Waals surface area contributed by atoms with Gasteiger partial charge < -0.3 is 10.1 Å². The summed E-state index contributed by atoms with van der Waals surface area (Å²) in [4.78, 5) is 0. The first kappa shape index (κ1) is 15.2. The van der Waals surface area contributed by atoms with Gasteiger partial charge in [0.1, 0.15) is 0 Å². The highest BCUT2D eigenvalue weighted by atomic mass is 32.2. The second-order valence-electron chi connectivity index (χ2n) is 4.42. The van der Waals surface area contributed by atoms with Crippen molar-refractivity contribution in [1.82, 2.24) is 5.32 Å². The molecule has 1 aliphatic carbocycles. The van der Waals surface area contributed by atoms with Crippen LogP contribution in [-0.4, -0.2) is 38.0 Å².